The molecule has 2 heteroatoms. The zero-order valence-corrected chi connectivity index (χ0v) is 10.1. The lowest BCUT2D eigenvalue weighted by atomic mass is 9.97. The third kappa shape index (κ3) is 2.19. The maximum Gasteiger partial charge on any atom is 0.0747 e. The van der Waals surface area contributed by atoms with E-state index in [-0.39, 0.29) is 0 Å². The van der Waals surface area contributed by atoms with Crippen molar-refractivity contribution in [2.24, 2.45) is 0 Å². The van der Waals surface area contributed by atoms with E-state index in [1.807, 2.05) is 18.2 Å². The molecule has 0 bridgehead atoms. The van der Waals surface area contributed by atoms with Gasteiger partial charge in [-0.1, -0.05) is 24.3 Å². The molecule has 0 fully saturated rings. The number of rotatable bonds is 2. The molecular formula is C15H14N2. The van der Waals surface area contributed by atoms with E-state index < -0.39 is 0 Å². The summed E-state index contributed by atoms with van der Waals surface area (Å²) in [5, 5.41) is 8.84. The van der Waals surface area contributed by atoms with Gasteiger partial charge in [0.15, 0.2) is 0 Å². The number of nitriles is 1. The standard InChI is InChI=1S/C15H14N2/c1-11-5-3-7-14(12(11)2)15-13(8-9-16)6-4-10-17-15/h3-7,10H,8H2,1-2H3. The van der Waals surface area contributed by atoms with Crippen molar-refractivity contribution in [1.82, 2.24) is 4.98 Å². The Morgan fingerprint density at radius 3 is 2.76 bits per heavy atom. The Bertz CT molecular complexity index is 580. The van der Waals surface area contributed by atoms with Crippen molar-refractivity contribution >= 4 is 0 Å². The predicted octanol–water partition coefficient (Wildman–Crippen LogP) is 3.43. The maximum atomic E-state index is 8.84. The van der Waals surface area contributed by atoms with Crippen LogP contribution in [0.4, 0.5) is 0 Å². The minimum atomic E-state index is 0.399. The smallest absolute Gasteiger partial charge is 0.0747 e. The zero-order chi connectivity index (χ0) is 12.3. The summed E-state index contributed by atoms with van der Waals surface area (Å²) >= 11 is 0. The molecule has 0 saturated carbocycles. The Balaban J connectivity index is 2.61. The largest absolute Gasteiger partial charge is 0.256 e. The Labute approximate surface area is 102 Å². The number of pyridine rings is 1. The fourth-order valence-electron chi connectivity index (χ4n) is 1.92. The van der Waals surface area contributed by atoms with Crippen molar-refractivity contribution in [3.05, 3.63) is 53.2 Å². The predicted molar refractivity (Wildman–Crippen MR) is 68.5 cm³/mol. The molecule has 0 aliphatic carbocycles. The summed E-state index contributed by atoms with van der Waals surface area (Å²) in [5.74, 6) is 0. The number of nitrogens with zero attached hydrogens (tertiary/aromatic N) is 2. The molecule has 1 aromatic heterocycles. The molecule has 0 aliphatic heterocycles. The van der Waals surface area contributed by atoms with Gasteiger partial charge in [0.05, 0.1) is 18.2 Å². The van der Waals surface area contributed by atoms with Gasteiger partial charge in [0.2, 0.25) is 0 Å². The van der Waals surface area contributed by atoms with Gasteiger partial charge in [0, 0.05) is 11.8 Å². The molecule has 0 atom stereocenters. The highest BCUT2D eigenvalue weighted by Gasteiger charge is 2.09. The lowest BCUT2D eigenvalue weighted by Gasteiger charge is -2.10. The molecule has 0 aliphatic rings. The first kappa shape index (κ1) is 11.3. The van der Waals surface area contributed by atoms with Gasteiger partial charge in [0.1, 0.15) is 0 Å². The minimum absolute atomic E-state index is 0.399. The molecule has 1 aromatic carbocycles. The SMILES string of the molecule is Cc1cccc(-c2ncccc2CC#N)c1C. The Hall–Kier alpha value is -2.14. The highest BCUT2D eigenvalue weighted by atomic mass is 14.7. The molecule has 1 heterocycles. The van der Waals surface area contributed by atoms with Crippen LogP contribution in [0.2, 0.25) is 0 Å². The molecule has 2 nitrogen and oxygen atoms in total. The number of hydrogen-bond donors (Lipinski definition) is 0. The number of benzene rings is 1. The van der Waals surface area contributed by atoms with Crippen LogP contribution >= 0.6 is 0 Å². The first-order valence-corrected chi connectivity index (χ1v) is 5.61. The van der Waals surface area contributed by atoms with Crippen molar-refractivity contribution < 1.29 is 0 Å². The maximum absolute atomic E-state index is 8.84. The average molecular weight is 222 g/mol. The first-order valence-electron chi connectivity index (χ1n) is 5.61. The molecule has 0 saturated heterocycles. The van der Waals surface area contributed by atoms with Crippen LogP contribution in [-0.4, -0.2) is 4.98 Å². The molecule has 0 radical (unpaired) electrons. The highest BCUT2D eigenvalue weighted by Crippen LogP contribution is 2.26. The molecule has 84 valence electrons. The van der Waals surface area contributed by atoms with Crippen LogP contribution in [0.1, 0.15) is 16.7 Å². The summed E-state index contributed by atoms with van der Waals surface area (Å²) < 4.78 is 0. The first-order chi connectivity index (χ1) is 8.24. The third-order valence-corrected chi connectivity index (χ3v) is 3.02. The van der Waals surface area contributed by atoms with E-state index in [0.29, 0.717) is 6.42 Å². The van der Waals surface area contributed by atoms with E-state index in [9.17, 15) is 0 Å². The van der Waals surface area contributed by atoms with Crippen LogP contribution in [0.15, 0.2) is 36.5 Å². The minimum Gasteiger partial charge on any atom is -0.256 e. The van der Waals surface area contributed by atoms with E-state index in [1.54, 1.807) is 6.20 Å². The molecule has 0 spiro atoms. The van der Waals surface area contributed by atoms with Crippen molar-refractivity contribution in [3.8, 4) is 17.3 Å². The number of aryl methyl sites for hydroxylation is 1. The second kappa shape index (κ2) is 4.80. The van der Waals surface area contributed by atoms with Crippen LogP contribution in [0.25, 0.3) is 11.3 Å². The summed E-state index contributed by atoms with van der Waals surface area (Å²) in [6.07, 6.45) is 2.18. The lowest BCUT2D eigenvalue weighted by Crippen LogP contribution is -1.95. The summed E-state index contributed by atoms with van der Waals surface area (Å²) in [7, 11) is 0. The third-order valence-electron chi connectivity index (χ3n) is 3.02. The quantitative estimate of drug-likeness (QED) is 0.780. The van der Waals surface area contributed by atoms with Crippen molar-refractivity contribution in [2.75, 3.05) is 0 Å². The van der Waals surface area contributed by atoms with Gasteiger partial charge in [0.25, 0.3) is 0 Å². The summed E-state index contributed by atoms with van der Waals surface area (Å²) in [5.41, 5.74) is 5.51. The van der Waals surface area contributed by atoms with Gasteiger partial charge in [-0.3, -0.25) is 4.98 Å². The second-order valence-electron chi connectivity index (χ2n) is 4.09. The molecule has 0 N–H and O–H groups in total. The topological polar surface area (TPSA) is 36.7 Å². The Kier molecular flexibility index (Phi) is 3.20. The van der Waals surface area contributed by atoms with Crippen LogP contribution in [-0.2, 0) is 6.42 Å². The fraction of sp³-hybridized carbons (Fsp3) is 0.200. The summed E-state index contributed by atoms with van der Waals surface area (Å²) in [4.78, 5) is 4.42. The summed E-state index contributed by atoms with van der Waals surface area (Å²) in [6, 6.07) is 12.2. The molecule has 0 amide bonds. The van der Waals surface area contributed by atoms with Gasteiger partial charge in [-0.2, -0.15) is 5.26 Å². The van der Waals surface area contributed by atoms with Crippen LogP contribution in [0, 0.1) is 25.2 Å². The van der Waals surface area contributed by atoms with Gasteiger partial charge in [-0.15, -0.1) is 0 Å². The second-order valence-corrected chi connectivity index (χ2v) is 4.09. The van der Waals surface area contributed by atoms with E-state index >= 15 is 0 Å². The van der Waals surface area contributed by atoms with Gasteiger partial charge >= 0.3 is 0 Å². The normalized spacial score (nSPS) is 9.94. The van der Waals surface area contributed by atoms with Crippen LogP contribution < -0.4 is 0 Å². The van der Waals surface area contributed by atoms with Crippen LogP contribution in [0.5, 0.6) is 0 Å². The number of hydrogen-bond acceptors (Lipinski definition) is 2. The van der Waals surface area contributed by atoms with Gasteiger partial charge < -0.3 is 0 Å². The highest BCUT2D eigenvalue weighted by molar-refractivity contribution is 5.68. The summed E-state index contributed by atoms with van der Waals surface area (Å²) in [6.45, 7) is 4.18. The van der Waals surface area contributed by atoms with Gasteiger partial charge in [-0.25, -0.2) is 0 Å². The zero-order valence-electron chi connectivity index (χ0n) is 10.1. The van der Waals surface area contributed by atoms with E-state index in [4.69, 9.17) is 5.26 Å². The molecule has 17 heavy (non-hydrogen) atoms. The molecule has 2 rings (SSSR count). The Morgan fingerprint density at radius 2 is 2.00 bits per heavy atom. The van der Waals surface area contributed by atoms with E-state index in [1.165, 1.54) is 11.1 Å². The number of aromatic nitrogens is 1. The Morgan fingerprint density at radius 1 is 1.18 bits per heavy atom. The van der Waals surface area contributed by atoms with Gasteiger partial charge in [-0.05, 0) is 36.6 Å². The molecule has 2 aromatic rings. The van der Waals surface area contributed by atoms with Crippen molar-refractivity contribution in [2.45, 2.75) is 20.3 Å². The van der Waals surface area contributed by atoms with Crippen LogP contribution in [0.3, 0.4) is 0 Å². The van der Waals surface area contributed by atoms with E-state index in [2.05, 4.69) is 37.0 Å². The fourth-order valence-corrected chi connectivity index (χ4v) is 1.92. The molecular weight excluding hydrogens is 208 g/mol. The van der Waals surface area contributed by atoms with E-state index in [0.717, 1.165) is 16.8 Å². The average Bonchev–Trinajstić information content (AvgIpc) is 2.34. The monoisotopic (exact) mass is 222 g/mol. The lowest BCUT2D eigenvalue weighted by molar-refractivity contribution is 1.18. The van der Waals surface area contributed by atoms with Crippen molar-refractivity contribution in [3.63, 3.8) is 0 Å². The molecule has 0 unspecified atom stereocenters. The van der Waals surface area contributed by atoms with Crippen molar-refractivity contribution in [1.29, 1.82) is 5.26 Å².